The fourth-order valence-corrected chi connectivity index (χ4v) is 2.36. The molecule has 0 aromatic heterocycles. The number of benzene rings is 1. The Bertz CT molecular complexity index is 449. The van der Waals surface area contributed by atoms with Gasteiger partial charge in [-0.2, -0.15) is 13.2 Å². The van der Waals surface area contributed by atoms with Crippen LogP contribution in [0.2, 0.25) is 0 Å². The van der Waals surface area contributed by atoms with Crippen molar-refractivity contribution in [2.24, 2.45) is 5.41 Å². The van der Waals surface area contributed by atoms with Crippen LogP contribution in [0, 0.1) is 5.41 Å². The molecule has 1 aromatic rings. The third-order valence-electron chi connectivity index (χ3n) is 3.01. The molecule has 0 heterocycles. The largest absolute Gasteiger partial charge is 0.481 e. The lowest BCUT2D eigenvalue weighted by Crippen LogP contribution is -2.17. The standard InChI is InChI=1S/C12H11F3O2S/c13-12(14,15)18-9-3-1-8(2-4-9)7-11(5-6-11)10(16)17/h1-4H,5-7H2,(H,16,17). The van der Waals surface area contributed by atoms with E-state index < -0.39 is 16.9 Å². The number of halogens is 3. The third kappa shape index (κ3) is 3.19. The van der Waals surface area contributed by atoms with Crippen LogP contribution in [0.5, 0.6) is 0 Å². The molecule has 98 valence electrons. The molecule has 0 amide bonds. The first-order valence-electron chi connectivity index (χ1n) is 5.39. The number of hydrogen-bond donors (Lipinski definition) is 1. The zero-order chi connectivity index (χ0) is 13.4. The van der Waals surface area contributed by atoms with Crippen LogP contribution in [0.3, 0.4) is 0 Å². The average Bonchev–Trinajstić information content (AvgIpc) is 3.00. The van der Waals surface area contributed by atoms with E-state index in [9.17, 15) is 18.0 Å². The number of alkyl halides is 3. The Morgan fingerprint density at radius 1 is 1.28 bits per heavy atom. The molecule has 0 spiro atoms. The van der Waals surface area contributed by atoms with Crippen molar-refractivity contribution in [2.45, 2.75) is 29.7 Å². The second-order valence-corrected chi connectivity index (χ2v) is 5.59. The van der Waals surface area contributed by atoms with Crippen molar-refractivity contribution in [3.8, 4) is 0 Å². The molecule has 1 fully saturated rings. The summed E-state index contributed by atoms with van der Waals surface area (Å²) < 4.78 is 36.3. The molecule has 1 saturated carbocycles. The maximum absolute atomic E-state index is 12.1. The molecule has 1 aromatic carbocycles. The summed E-state index contributed by atoms with van der Waals surface area (Å²) in [7, 11) is 0. The van der Waals surface area contributed by atoms with Crippen LogP contribution < -0.4 is 0 Å². The molecule has 18 heavy (non-hydrogen) atoms. The Morgan fingerprint density at radius 2 is 1.83 bits per heavy atom. The summed E-state index contributed by atoms with van der Waals surface area (Å²) in [5.41, 5.74) is -4.21. The Morgan fingerprint density at radius 3 is 2.22 bits per heavy atom. The fraction of sp³-hybridized carbons (Fsp3) is 0.417. The first-order chi connectivity index (χ1) is 8.31. The summed E-state index contributed by atoms with van der Waals surface area (Å²) in [6.45, 7) is 0. The van der Waals surface area contributed by atoms with Crippen LogP contribution in [0.25, 0.3) is 0 Å². The van der Waals surface area contributed by atoms with Crippen molar-refractivity contribution < 1.29 is 23.1 Å². The highest BCUT2D eigenvalue weighted by atomic mass is 32.2. The normalized spacial score (nSPS) is 17.5. The first-order valence-corrected chi connectivity index (χ1v) is 6.21. The minimum atomic E-state index is -4.29. The monoisotopic (exact) mass is 276 g/mol. The molecule has 0 saturated heterocycles. The first kappa shape index (κ1) is 13.3. The van der Waals surface area contributed by atoms with Gasteiger partial charge in [0.15, 0.2) is 0 Å². The second kappa shape index (κ2) is 4.50. The quantitative estimate of drug-likeness (QED) is 0.852. The summed E-state index contributed by atoms with van der Waals surface area (Å²) in [5.74, 6) is -0.823. The van der Waals surface area contributed by atoms with Gasteiger partial charge in [-0.05, 0) is 48.7 Å². The summed E-state index contributed by atoms with van der Waals surface area (Å²) in [4.78, 5) is 11.1. The molecule has 1 N–H and O–H groups in total. The van der Waals surface area contributed by atoms with E-state index in [1.165, 1.54) is 12.1 Å². The molecule has 6 heteroatoms. The van der Waals surface area contributed by atoms with Gasteiger partial charge >= 0.3 is 11.5 Å². The lowest BCUT2D eigenvalue weighted by atomic mass is 9.97. The zero-order valence-electron chi connectivity index (χ0n) is 9.33. The van der Waals surface area contributed by atoms with E-state index in [1.807, 2.05) is 0 Å². The van der Waals surface area contributed by atoms with Crippen LogP contribution in [0.4, 0.5) is 13.2 Å². The number of carboxylic acids is 1. The maximum Gasteiger partial charge on any atom is 0.446 e. The summed E-state index contributed by atoms with van der Waals surface area (Å²) in [6.07, 6.45) is 1.67. The third-order valence-corrected chi connectivity index (χ3v) is 3.75. The van der Waals surface area contributed by atoms with Crippen LogP contribution in [0.15, 0.2) is 29.2 Å². The van der Waals surface area contributed by atoms with Crippen LogP contribution in [0.1, 0.15) is 18.4 Å². The highest BCUT2D eigenvalue weighted by Crippen LogP contribution is 2.48. The van der Waals surface area contributed by atoms with Gasteiger partial charge in [-0.15, -0.1) is 0 Å². The van der Waals surface area contributed by atoms with Crippen molar-refractivity contribution in [3.05, 3.63) is 29.8 Å². The number of carboxylic acid groups (broad SMARTS) is 1. The van der Waals surface area contributed by atoms with E-state index in [1.54, 1.807) is 12.1 Å². The van der Waals surface area contributed by atoms with Crippen molar-refractivity contribution in [1.29, 1.82) is 0 Å². The molecule has 0 unspecified atom stereocenters. The van der Waals surface area contributed by atoms with E-state index >= 15 is 0 Å². The fourth-order valence-electron chi connectivity index (χ4n) is 1.82. The summed E-state index contributed by atoms with van der Waals surface area (Å²) in [6, 6.07) is 5.89. The molecule has 0 atom stereocenters. The van der Waals surface area contributed by atoms with Crippen molar-refractivity contribution in [2.75, 3.05) is 0 Å². The number of rotatable bonds is 4. The van der Waals surface area contributed by atoms with Crippen LogP contribution >= 0.6 is 11.8 Å². The number of aliphatic carboxylic acids is 1. The van der Waals surface area contributed by atoms with E-state index in [0.29, 0.717) is 19.3 Å². The number of thioether (sulfide) groups is 1. The Kier molecular flexibility index (Phi) is 3.31. The Hall–Kier alpha value is -1.17. The SMILES string of the molecule is O=C(O)C1(Cc2ccc(SC(F)(F)F)cc2)CC1. The maximum atomic E-state index is 12.1. The van der Waals surface area contributed by atoms with E-state index in [-0.39, 0.29) is 16.7 Å². The van der Waals surface area contributed by atoms with E-state index in [4.69, 9.17) is 5.11 Å². The molecule has 1 aliphatic carbocycles. The highest BCUT2D eigenvalue weighted by molar-refractivity contribution is 8.00. The molecule has 1 aliphatic rings. The molecule has 2 nitrogen and oxygen atoms in total. The lowest BCUT2D eigenvalue weighted by Gasteiger charge is -2.10. The van der Waals surface area contributed by atoms with Gasteiger partial charge in [-0.1, -0.05) is 12.1 Å². The van der Waals surface area contributed by atoms with Gasteiger partial charge in [-0.25, -0.2) is 0 Å². The molecule has 2 rings (SSSR count). The van der Waals surface area contributed by atoms with E-state index in [2.05, 4.69) is 0 Å². The molecule has 0 bridgehead atoms. The number of hydrogen-bond acceptors (Lipinski definition) is 2. The zero-order valence-corrected chi connectivity index (χ0v) is 10.1. The molecule has 0 aliphatic heterocycles. The highest BCUT2D eigenvalue weighted by Gasteiger charge is 2.49. The summed E-state index contributed by atoms with van der Waals surface area (Å²) in [5, 5.41) is 9.02. The van der Waals surface area contributed by atoms with Gasteiger partial charge in [0.05, 0.1) is 5.41 Å². The Labute approximate surface area is 106 Å². The van der Waals surface area contributed by atoms with Gasteiger partial charge < -0.3 is 5.11 Å². The minimum Gasteiger partial charge on any atom is -0.481 e. The molecule has 0 radical (unpaired) electrons. The van der Waals surface area contributed by atoms with Crippen molar-refractivity contribution >= 4 is 17.7 Å². The predicted molar refractivity (Wildman–Crippen MR) is 61.4 cm³/mol. The topological polar surface area (TPSA) is 37.3 Å². The molecular formula is C12H11F3O2S. The van der Waals surface area contributed by atoms with Gasteiger partial charge in [0.2, 0.25) is 0 Å². The smallest absolute Gasteiger partial charge is 0.446 e. The van der Waals surface area contributed by atoms with Crippen LogP contribution in [-0.4, -0.2) is 16.6 Å². The number of carbonyl (C=O) groups is 1. The van der Waals surface area contributed by atoms with Gasteiger partial charge in [0, 0.05) is 4.90 Å². The molecular weight excluding hydrogens is 265 g/mol. The lowest BCUT2D eigenvalue weighted by molar-refractivity contribution is -0.143. The van der Waals surface area contributed by atoms with Crippen molar-refractivity contribution in [1.82, 2.24) is 0 Å². The van der Waals surface area contributed by atoms with Crippen molar-refractivity contribution in [3.63, 3.8) is 0 Å². The minimum absolute atomic E-state index is 0.117. The van der Waals surface area contributed by atoms with E-state index in [0.717, 1.165) is 5.56 Å². The van der Waals surface area contributed by atoms with Gasteiger partial charge in [0.25, 0.3) is 0 Å². The summed E-state index contributed by atoms with van der Waals surface area (Å²) >= 11 is -0.167. The van der Waals surface area contributed by atoms with Crippen LogP contribution in [-0.2, 0) is 11.2 Å². The predicted octanol–water partition coefficient (Wildman–Crippen LogP) is 3.71. The van der Waals surface area contributed by atoms with Gasteiger partial charge in [0.1, 0.15) is 0 Å². The average molecular weight is 276 g/mol. The Balaban J connectivity index is 2.02. The second-order valence-electron chi connectivity index (χ2n) is 4.45. The van der Waals surface area contributed by atoms with Gasteiger partial charge in [-0.3, -0.25) is 4.79 Å².